The van der Waals surface area contributed by atoms with Gasteiger partial charge in [0.1, 0.15) is 16.5 Å². The van der Waals surface area contributed by atoms with Crippen LogP contribution in [0.15, 0.2) is 77.7 Å². The SMILES string of the molecule is CC(C)CN(Cc1cccc(OS(=O)(=O)c2ccc(F)cc2)c1)C(=O)c1ccc(C(C)(C)C)cc1. The first-order chi connectivity index (χ1) is 16.3. The fourth-order valence-corrected chi connectivity index (χ4v) is 4.57. The molecule has 5 nitrogen and oxygen atoms in total. The van der Waals surface area contributed by atoms with Gasteiger partial charge in [0, 0.05) is 18.7 Å². The minimum absolute atomic E-state index is 0.00607. The summed E-state index contributed by atoms with van der Waals surface area (Å²) in [5, 5.41) is 0. The second-order valence-corrected chi connectivity index (χ2v) is 11.6. The lowest BCUT2D eigenvalue weighted by atomic mass is 9.86. The van der Waals surface area contributed by atoms with Crippen LogP contribution in [0, 0.1) is 11.7 Å². The van der Waals surface area contributed by atoms with Crippen molar-refractivity contribution in [1.29, 1.82) is 0 Å². The molecule has 0 heterocycles. The largest absolute Gasteiger partial charge is 0.379 e. The van der Waals surface area contributed by atoms with E-state index in [9.17, 15) is 17.6 Å². The summed E-state index contributed by atoms with van der Waals surface area (Å²) in [4.78, 5) is 15.0. The third-order valence-corrected chi connectivity index (χ3v) is 6.71. The zero-order chi connectivity index (χ0) is 25.8. The van der Waals surface area contributed by atoms with Crippen LogP contribution >= 0.6 is 0 Å². The Kier molecular flexibility index (Phi) is 8.00. The van der Waals surface area contributed by atoms with Crippen molar-refractivity contribution >= 4 is 16.0 Å². The van der Waals surface area contributed by atoms with Crippen molar-refractivity contribution in [1.82, 2.24) is 4.90 Å². The van der Waals surface area contributed by atoms with Gasteiger partial charge in [-0.3, -0.25) is 4.79 Å². The van der Waals surface area contributed by atoms with Crippen molar-refractivity contribution in [2.45, 2.75) is 51.5 Å². The second kappa shape index (κ2) is 10.6. The summed E-state index contributed by atoms with van der Waals surface area (Å²) in [5.41, 5.74) is 2.48. The van der Waals surface area contributed by atoms with Crippen LogP contribution in [0.2, 0.25) is 0 Å². The lowest BCUT2D eigenvalue weighted by Crippen LogP contribution is -2.33. The number of nitrogens with zero attached hydrogens (tertiary/aromatic N) is 1. The van der Waals surface area contributed by atoms with Crippen LogP contribution in [0.3, 0.4) is 0 Å². The van der Waals surface area contributed by atoms with Gasteiger partial charge in [0.25, 0.3) is 5.91 Å². The fraction of sp³-hybridized carbons (Fsp3) is 0.321. The molecule has 0 radical (unpaired) electrons. The molecule has 0 fully saturated rings. The van der Waals surface area contributed by atoms with Crippen molar-refractivity contribution in [2.24, 2.45) is 5.92 Å². The third-order valence-electron chi connectivity index (χ3n) is 5.45. The van der Waals surface area contributed by atoms with Gasteiger partial charge in [-0.15, -0.1) is 0 Å². The van der Waals surface area contributed by atoms with E-state index in [1.54, 1.807) is 17.0 Å². The molecule has 3 rings (SSSR count). The van der Waals surface area contributed by atoms with Crippen molar-refractivity contribution in [3.8, 4) is 5.75 Å². The molecule has 3 aromatic carbocycles. The Morgan fingerprint density at radius 2 is 1.60 bits per heavy atom. The number of carbonyl (C=O) groups excluding carboxylic acids is 1. The molecule has 0 spiro atoms. The van der Waals surface area contributed by atoms with Crippen molar-refractivity contribution in [2.75, 3.05) is 6.54 Å². The Morgan fingerprint density at radius 3 is 2.17 bits per heavy atom. The van der Waals surface area contributed by atoms with Crippen molar-refractivity contribution in [3.05, 3.63) is 95.3 Å². The second-order valence-electron chi connectivity index (χ2n) is 10.0. The lowest BCUT2D eigenvalue weighted by Gasteiger charge is -2.26. The molecule has 0 saturated carbocycles. The van der Waals surface area contributed by atoms with Gasteiger partial charge in [0.2, 0.25) is 0 Å². The predicted octanol–water partition coefficient (Wildman–Crippen LogP) is 6.19. The molecule has 0 atom stereocenters. The summed E-state index contributed by atoms with van der Waals surface area (Å²) in [5.74, 6) is -0.261. The van der Waals surface area contributed by atoms with Gasteiger partial charge in [-0.1, -0.05) is 58.9 Å². The van der Waals surface area contributed by atoms with Crippen LogP contribution in [-0.4, -0.2) is 25.8 Å². The standard InChI is InChI=1S/C28H32FNO4S/c1-20(2)18-30(27(31)22-9-11-23(12-10-22)28(3,4)5)19-21-7-6-8-25(17-21)34-35(32,33)26-15-13-24(29)14-16-26/h6-17,20H,18-19H2,1-5H3. The molecule has 0 bridgehead atoms. The number of hydrogen-bond donors (Lipinski definition) is 0. The molecule has 0 unspecified atom stereocenters. The Morgan fingerprint density at radius 1 is 0.971 bits per heavy atom. The molecule has 1 amide bonds. The topological polar surface area (TPSA) is 63.7 Å². The van der Waals surface area contributed by atoms with E-state index in [1.165, 1.54) is 6.07 Å². The zero-order valence-electron chi connectivity index (χ0n) is 20.8. The first-order valence-electron chi connectivity index (χ1n) is 11.5. The van der Waals surface area contributed by atoms with Gasteiger partial charge in [0.05, 0.1) is 0 Å². The Labute approximate surface area is 207 Å². The number of halogens is 1. The monoisotopic (exact) mass is 497 g/mol. The number of carbonyl (C=O) groups is 1. The van der Waals surface area contributed by atoms with Gasteiger partial charge in [0.15, 0.2) is 0 Å². The van der Waals surface area contributed by atoms with Gasteiger partial charge in [-0.2, -0.15) is 8.42 Å². The van der Waals surface area contributed by atoms with Crippen molar-refractivity contribution < 1.29 is 21.8 Å². The van der Waals surface area contributed by atoms with Gasteiger partial charge < -0.3 is 9.08 Å². The van der Waals surface area contributed by atoms with Gasteiger partial charge in [-0.25, -0.2) is 4.39 Å². The van der Waals surface area contributed by atoms with E-state index in [4.69, 9.17) is 4.18 Å². The fourth-order valence-electron chi connectivity index (χ4n) is 3.65. The summed E-state index contributed by atoms with van der Waals surface area (Å²) >= 11 is 0. The molecule has 0 aliphatic rings. The highest BCUT2D eigenvalue weighted by atomic mass is 32.2. The average Bonchev–Trinajstić information content (AvgIpc) is 2.77. The maximum absolute atomic E-state index is 13.3. The van der Waals surface area contributed by atoms with E-state index in [1.807, 2.05) is 44.2 Å². The van der Waals surface area contributed by atoms with Crippen LogP contribution in [-0.2, 0) is 22.1 Å². The predicted molar refractivity (Wildman–Crippen MR) is 135 cm³/mol. The average molecular weight is 498 g/mol. The minimum atomic E-state index is -4.12. The normalized spacial score (nSPS) is 12.0. The molecule has 7 heteroatoms. The third kappa shape index (κ3) is 7.15. The minimum Gasteiger partial charge on any atom is -0.379 e. The van der Waals surface area contributed by atoms with E-state index >= 15 is 0 Å². The summed E-state index contributed by atoms with van der Waals surface area (Å²) < 4.78 is 43.6. The van der Waals surface area contributed by atoms with Gasteiger partial charge >= 0.3 is 10.1 Å². The smallest absolute Gasteiger partial charge is 0.339 e. The molecule has 0 aliphatic carbocycles. The first kappa shape index (κ1) is 26.4. The Balaban J connectivity index is 1.81. The summed E-state index contributed by atoms with van der Waals surface area (Å²) in [6.45, 7) is 11.3. The Bertz CT molecular complexity index is 1260. The maximum Gasteiger partial charge on any atom is 0.339 e. The highest BCUT2D eigenvalue weighted by Crippen LogP contribution is 2.24. The van der Waals surface area contributed by atoms with E-state index in [2.05, 4.69) is 20.8 Å². The van der Waals surface area contributed by atoms with Crippen molar-refractivity contribution in [3.63, 3.8) is 0 Å². The van der Waals surface area contributed by atoms with Crippen LogP contribution in [0.5, 0.6) is 5.75 Å². The summed E-state index contributed by atoms with van der Waals surface area (Å²) in [6, 6.07) is 18.7. The summed E-state index contributed by atoms with van der Waals surface area (Å²) in [6.07, 6.45) is 0. The molecule has 0 N–H and O–H groups in total. The maximum atomic E-state index is 13.3. The number of hydrogen-bond acceptors (Lipinski definition) is 4. The highest BCUT2D eigenvalue weighted by Gasteiger charge is 2.21. The number of rotatable bonds is 8. The number of benzene rings is 3. The molecule has 3 aromatic rings. The molecular formula is C28H32FNO4S. The molecular weight excluding hydrogens is 465 g/mol. The van der Waals surface area contributed by atoms with Crippen LogP contribution in [0.25, 0.3) is 0 Å². The van der Waals surface area contributed by atoms with E-state index < -0.39 is 15.9 Å². The zero-order valence-corrected chi connectivity index (χ0v) is 21.6. The van der Waals surface area contributed by atoms with E-state index in [-0.39, 0.29) is 27.9 Å². The van der Waals surface area contributed by atoms with E-state index in [0.717, 1.165) is 35.4 Å². The molecule has 0 aliphatic heterocycles. The highest BCUT2D eigenvalue weighted by molar-refractivity contribution is 7.87. The van der Waals surface area contributed by atoms with Crippen LogP contribution < -0.4 is 4.18 Å². The van der Waals surface area contributed by atoms with Gasteiger partial charge in [-0.05, 0) is 71.0 Å². The quantitative estimate of drug-likeness (QED) is 0.348. The molecule has 35 heavy (non-hydrogen) atoms. The van der Waals surface area contributed by atoms with E-state index in [0.29, 0.717) is 18.7 Å². The Hall–Kier alpha value is -3.19. The first-order valence-corrected chi connectivity index (χ1v) is 12.9. The lowest BCUT2D eigenvalue weighted by molar-refractivity contribution is 0.0722. The van der Waals surface area contributed by atoms with Crippen LogP contribution in [0.1, 0.15) is 56.1 Å². The molecule has 0 aromatic heterocycles. The van der Waals surface area contributed by atoms with Crippen LogP contribution in [0.4, 0.5) is 4.39 Å². The molecule has 0 saturated heterocycles. The summed E-state index contributed by atoms with van der Waals surface area (Å²) in [7, 11) is -4.12. The molecule has 186 valence electrons. The number of amides is 1.